The Morgan fingerprint density at radius 3 is 2.56 bits per heavy atom. The van der Waals surface area contributed by atoms with Gasteiger partial charge in [0.15, 0.2) is 0 Å². The molecule has 0 bridgehead atoms. The van der Waals surface area contributed by atoms with Gasteiger partial charge in [0.25, 0.3) is 0 Å². The van der Waals surface area contributed by atoms with Gasteiger partial charge in [0, 0.05) is 11.1 Å². The lowest BCUT2D eigenvalue weighted by Gasteiger charge is -2.09. The van der Waals surface area contributed by atoms with E-state index in [1.54, 1.807) is 0 Å². The van der Waals surface area contributed by atoms with Crippen molar-refractivity contribution in [1.29, 1.82) is 0 Å². The molecule has 0 saturated carbocycles. The van der Waals surface area contributed by atoms with Crippen LogP contribution in [0.25, 0.3) is 10.9 Å². The van der Waals surface area contributed by atoms with Gasteiger partial charge in [-0.3, -0.25) is 5.32 Å². The number of nitrogens with zero attached hydrogens (tertiary/aromatic N) is 3. The lowest BCUT2D eigenvalue weighted by atomic mass is 10.1. The van der Waals surface area contributed by atoms with Crippen LogP contribution in [0.1, 0.15) is 11.3 Å². The van der Waals surface area contributed by atoms with Crippen molar-refractivity contribution in [3.8, 4) is 0 Å². The summed E-state index contributed by atoms with van der Waals surface area (Å²) in [6.45, 7) is 3.97. The zero-order chi connectivity index (χ0) is 17.8. The SMILES string of the molecule is Cc1ccc2nc(NC(N)=NC(=S)Nc3ccccc3)nc(C)c2c1. The molecule has 6 nitrogen and oxygen atoms in total. The molecule has 25 heavy (non-hydrogen) atoms. The Balaban J connectivity index is 1.76. The highest BCUT2D eigenvalue weighted by molar-refractivity contribution is 7.80. The van der Waals surface area contributed by atoms with Gasteiger partial charge in [-0.25, -0.2) is 9.97 Å². The van der Waals surface area contributed by atoms with E-state index in [1.165, 1.54) is 5.56 Å². The van der Waals surface area contributed by atoms with E-state index in [-0.39, 0.29) is 11.1 Å². The summed E-state index contributed by atoms with van der Waals surface area (Å²) >= 11 is 5.19. The molecule has 126 valence electrons. The molecule has 1 aromatic heterocycles. The van der Waals surface area contributed by atoms with Crippen LogP contribution in [0.2, 0.25) is 0 Å². The average molecular weight is 350 g/mol. The molecule has 0 aliphatic heterocycles. The summed E-state index contributed by atoms with van der Waals surface area (Å²) in [4.78, 5) is 13.0. The first-order valence-corrected chi connectivity index (χ1v) is 8.14. The minimum atomic E-state index is 0.124. The van der Waals surface area contributed by atoms with Gasteiger partial charge >= 0.3 is 0 Å². The fraction of sp³-hybridized carbons (Fsp3) is 0.111. The van der Waals surface area contributed by atoms with E-state index in [2.05, 4.69) is 31.7 Å². The first kappa shape index (κ1) is 16.8. The fourth-order valence-electron chi connectivity index (χ4n) is 2.38. The summed E-state index contributed by atoms with van der Waals surface area (Å²) < 4.78 is 0. The van der Waals surface area contributed by atoms with Crippen LogP contribution in [0, 0.1) is 13.8 Å². The Morgan fingerprint density at radius 1 is 1.04 bits per heavy atom. The molecule has 0 unspecified atom stereocenters. The van der Waals surface area contributed by atoms with E-state index in [0.717, 1.165) is 22.3 Å². The minimum Gasteiger partial charge on any atom is -0.369 e. The van der Waals surface area contributed by atoms with Gasteiger partial charge in [0.05, 0.1) is 11.2 Å². The number of hydrogen-bond donors (Lipinski definition) is 3. The number of para-hydroxylation sites is 1. The van der Waals surface area contributed by atoms with Crippen LogP contribution in [-0.4, -0.2) is 21.0 Å². The van der Waals surface area contributed by atoms with Crippen molar-refractivity contribution in [2.24, 2.45) is 10.7 Å². The maximum atomic E-state index is 5.91. The number of aliphatic imine (C=N–C) groups is 1. The number of thiocarbonyl (C=S) groups is 1. The predicted octanol–water partition coefficient (Wildman–Crippen LogP) is 3.37. The first-order chi connectivity index (χ1) is 12.0. The molecule has 3 rings (SSSR count). The summed E-state index contributed by atoms with van der Waals surface area (Å²) in [7, 11) is 0. The molecule has 4 N–H and O–H groups in total. The van der Waals surface area contributed by atoms with E-state index < -0.39 is 0 Å². The number of anilines is 2. The molecule has 0 fully saturated rings. The highest BCUT2D eigenvalue weighted by Crippen LogP contribution is 2.18. The highest BCUT2D eigenvalue weighted by Gasteiger charge is 2.06. The third-order valence-corrected chi connectivity index (χ3v) is 3.72. The fourth-order valence-corrected chi connectivity index (χ4v) is 2.59. The third kappa shape index (κ3) is 4.27. The standard InChI is InChI=1S/C18H18N6S/c1-11-8-9-15-14(10-11)12(2)20-17(22-15)23-16(19)24-18(25)21-13-6-4-3-5-7-13/h3-10H,1-2H3,(H4,19,20,21,22,23,24,25). The molecule has 7 heteroatoms. The maximum Gasteiger partial charge on any atom is 0.230 e. The number of aryl methyl sites for hydroxylation is 2. The molecule has 0 aliphatic carbocycles. The van der Waals surface area contributed by atoms with Gasteiger partial charge in [0.2, 0.25) is 17.0 Å². The van der Waals surface area contributed by atoms with Crippen LogP contribution < -0.4 is 16.4 Å². The van der Waals surface area contributed by atoms with E-state index in [4.69, 9.17) is 18.0 Å². The predicted molar refractivity (Wildman–Crippen MR) is 107 cm³/mol. The normalized spacial score (nSPS) is 11.4. The van der Waals surface area contributed by atoms with Gasteiger partial charge < -0.3 is 11.1 Å². The van der Waals surface area contributed by atoms with Crippen LogP contribution >= 0.6 is 12.2 Å². The molecule has 0 amide bonds. The molecule has 0 saturated heterocycles. The molecule has 0 radical (unpaired) electrons. The third-order valence-electron chi connectivity index (χ3n) is 3.53. The second-order valence-electron chi connectivity index (χ2n) is 5.57. The second-order valence-corrected chi connectivity index (χ2v) is 5.96. The summed E-state index contributed by atoms with van der Waals surface area (Å²) in [6.07, 6.45) is 0. The summed E-state index contributed by atoms with van der Waals surface area (Å²) in [5.41, 5.74) is 9.63. The second kappa shape index (κ2) is 7.23. The van der Waals surface area contributed by atoms with Crippen molar-refractivity contribution in [3.63, 3.8) is 0 Å². The van der Waals surface area contributed by atoms with E-state index in [0.29, 0.717) is 5.95 Å². The molecule has 0 aliphatic rings. The van der Waals surface area contributed by atoms with Crippen molar-refractivity contribution in [2.75, 3.05) is 10.6 Å². The van der Waals surface area contributed by atoms with Crippen LogP contribution in [-0.2, 0) is 0 Å². The number of aromatic nitrogens is 2. The molecular weight excluding hydrogens is 332 g/mol. The Morgan fingerprint density at radius 2 is 1.80 bits per heavy atom. The van der Waals surface area contributed by atoms with E-state index in [1.807, 2.05) is 56.3 Å². The van der Waals surface area contributed by atoms with Crippen molar-refractivity contribution in [1.82, 2.24) is 9.97 Å². The van der Waals surface area contributed by atoms with Gasteiger partial charge in [-0.2, -0.15) is 4.99 Å². The van der Waals surface area contributed by atoms with Crippen molar-refractivity contribution >= 4 is 45.8 Å². The topological polar surface area (TPSA) is 88.2 Å². The molecule has 0 atom stereocenters. The Hall–Kier alpha value is -3.06. The summed E-state index contributed by atoms with van der Waals surface area (Å²) in [6, 6.07) is 15.5. The largest absolute Gasteiger partial charge is 0.369 e. The minimum absolute atomic E-state index is 0.124. The Kier molecular flexibility index (Phi) is 4.85. The number of fused-ring (bicyclic) bond motifs is 1. The Labute approximate surface area is 151 Å². The van der Waals surface area contributed by atoms with Gasteiger partial charge in [-0.1, -0.05) is 29.8 Å². The van der Waals surface area contributed by atoms with Crippen molar-refractivity contribution in [3.05, 3.63) is 59.8 Å². The van der Waals surface area contributed by atoms with Gasteiger partial charge in [0.1, 0.15) is 0 Å². The van der Waals surface area contributed by atoms with Crippen LogP contribution in [0.15, 0.2) is 53.5 Å². The van der Waals surface area contributed by atoms with Crippen LogP contribution in [0.5, 0.6) is 0 Å². The van der Waals surface area contributed by atoms with Crippen molar-refractivity contribution < 1.29 is 0 Å². The molecular formula is C18H18N6S. The van der Waals surface area contributed by atoms with E-state index >= 15 is 0 Å². The van der Waals surface area contributed by atoms with Gasteiger partial charge in [-0.15, -0.1) is 0 Å². The number of benzene rings is 2. The van der Waals surface area contributed by atoms with Crippen LogP contribution in [0.3, 0.4) is 0 Å². The zero-order valence-electron chi connectivity index (χ0n) is 13.9. The average Bonchev–Trinajstić information content (AvgIpc) is 2.56. The molecule has 3 aromatic rings. The number of nitrogens with two attached hydrogens (primary N) is 1. The smallest absolute Gasteiger partial charge is 0.230 e. The van der Waals surface area contributed by atoms with Crippen LogP contribution in [0.4, 0.5) is 11.6 Å². The summed E-state index contributed by atoms with van der Waals surface area (Å²) in [5.74, 6) is 0.511. The molecule has 1 heterocycles. The number of guanidine groups is 1. The maximum absolute atomic E-state index is 5.91. The lowest BCUT2D eigenvalue weighted by Crippen LogP contribution is -2.26. The zero-order valence-corrected chi connectivity index (χ0v) is 14.8. The number of rotatable bonds is 2. The lowest BCUT2D eigenvalue weighted by molar-refractivity contribution is 1.15. The first-order valence-electron chi connectivity index (χ1n) is 7.73. The number of nitrogens with one attached hydrogen (secondary N) is 2. The monoisotopic (exact) mass is 350 g/mol. The molecule has 2 aromatic carbocycles. The van der Waals surface area contributed by atoms with Gasteiger partial charge in [-0.05, 0) is 50.3 Å². The number of hydrogen-bond acceptors (Lipinski definition) is 3. The van der Waals surface area contributed by atoms with E-state index in [9.17, 15) is 0 Å². The summed E-state index contributed by atoms with van der Waals surface area (Å²) in [5, 5.41) is 7.14. The quantitative estimate of drug-likeness (QED) is 0.373. The Bertz CT molecular complexity index is 952. The molecule has 0 spiro atoms. The van der Waals surface area contributed by atoms with Crippen molar-refractivity contribution in [2.45, 2.75) is 13.8 Å². The highest BCUT2D eigenvalue weighted by atomic mass is 32.1.